The Morgan fingerprint density at radius 3 is 2.53 bits per heavy atom. The smallest absolute Gasteiger partial charge is 0.0462 e. The van der Waals surface area contributed by atoms with Gasteiger partial charge in [-0.25, -0.2) is 0 Å². The van der Waals surface area contributed by atoms with Gasteiger partial charge in [-0.1, -0.05) is 28.1 Å². The summed E-state index contributed by atoms with van der Waals surface area (Å²) in [7, 11) is 0. The number of thioether (sulfide) groups is 1. The van der Waals surface area contributed by atoms with Crippen molar-refractivity contribution in [2.24, 2.45) is 5.92 Å². The molecular formula is C12H17BrOS. The normalized spacial score (nSPS) is 12.7. The Balaban J connectivity index is 2.47. The molecule has 0 saturated carbocycles. The highest BCUT2D eigenvalue weighted by atomic mass is 79.9. The summed E-state index contributed by atoms with van der Waals surface area (Å²) in [6.07, 6.45) is 4.17. The number of aliphatic hydroxyl groups is 1. The minimum Gasteiger partial charge on any atom is -0.396 e. The maximum atomic E-state index is 9.25. The summed E-state index contributed by atoms with van der Waals surface area (Å²) < 4.78 is 1.11. The highest BCUT2D eigenvalue weighted by Gasteiger charge is 2.07. The van der Waals surface area contributed by atoms with E-state index in [1.54, 1.807) is 0 Å². The van der Waals surface area contributed by atoms with Crippen molar-refractivity contribution in [1.82, 2.24) is 0 Å². The van der Waals surface area contributed by atoms with Gasteiger partial charge in [-0.2, -0.15) is 11.8 Å². The van der Waals surface area contributed by atoms with Crippen molar-refractivity contribution < 1.29 is 5.11 Å². The minimum absolute atomic E-state index is 0.288. The van der Waals surface area contributed by atoms with Crippen LogP contribution in [0.4, 0.5) is 0 Å². The molecule has 84 valence electrons. The van der Waals surface area contributed by atoms with E-state index in [2.05, 4.69) is 46.5 Å². The van der Waals surface area contributed by atoms with E-state index >= 15 is 0 Å². The third-order valence-electron chi connectivity index (χ3n) is 2.43. The molecule has 1 atom stereocenters. The fraction of sp³-hybridized carbons (Fsp3) is 0.500. The summed E-state index contributed by atoms with van der Waals surface area (Å²) >= 11 is 5.26. The van der Waals surface area contributed by atoms with Crippen molar-refractivity contribution >= 4 is 27.7 Å². The van der Waals surface area contributed by atoms with Crippen molar-refractivity contribution in [3.05, 3.63) is 34.3 Å². The summed E-state index contributed by atoms with van der Waals surface area (Å²) in [4.78, 5) is 0. The first kappa shape index (κ1) is 13.1. The van der Waals surface area contributed by atoms with E-state index in [4.69, 9.17) is 0 Å². The zero-order valence-corrected chi connectivity index (χ0v) is 11.4. The lowest BCUT2D eigenvalue weighted by Crippen LogP contribution is -2.10. The summed E-state index contributed by atoms with van der Waals surface area (Å²) in [5.74, 6) is 1.53. The van der Waals surface area contributed by atoms with Crippen LogP contribution in [0.5, 0.6) is 0 Å². The van der Waals surface area contributed by atoms with Crippen LogP contribution in [0.3, 0.4) is 0 Å². The first-order chi connectivity index (χ1) is 7.26. The SMILES string of the molecule is CSCCC(CO)Cc1ccc(Br)cc1. The standard InChI is InChI=1S/C12H17BrOS/c1-15-7-6-11(9-14)8-10-2-4-12(13)5-3-10/h2-5,11,14H,6-9H2,1H3. The van der Waals surface area contributed by atoms with E-state index in [1.165, 1.54) is 5.56 Å². The molecule has 0 aliphatic rings. The molecule has 0 spiro atoms. The molecule has 0 aromatic heterocycles. The Labute approximate surface area is 104 Å². The van der Waals surface area contributed by atoms with Gasteiger partial charge in [0, 0.05) is 11.1 Å². The van der Waals surface area contributed by atoms with Gasteiger partial charge in [0.25, 0.3) is 0 Å². The van der Waals surface area contributed by atoms with Gasteiger partial charge in [0.2, 0.25) is 0 Å². The molecule has 0 aliphatic heterocycles. The van der Waals surface area contributed by atoms with Gasteiger partial charge in [0.05, 0.1) is 0 Å². The monoisotopic (exact) mass is 288 g/mol. The van der Waals surface area contributed by atoms with Gasteiger partial charge in [0.1, 0.15) is 0 Å². The first-order valence-corrected chi connectivity index (χ1v) is 7.29. The van der Waals surface area contributed by atoms with Crippen LogP contribution in [-0.4, -0.2) is 23.7 Å². The average Bonchev–Trinajstić information content (AvgIpc) is 2.27. The molecule has 15 heavy (non-hydrogen) atoms. The Morgan fingerprint density at radius 1 is 1.33 bits per heavy atom. The van der Waals surface area contributed by atoms with E-state index in [0.29, 0.717) is 5.92 Å². The van der Waals surface area contributed by atoms with Crippen LogP contribution in [0.25, 0.3) is 0 Å². The number of hydrogen-bond donors (Lipinski definition) is 1. The van der Waals surface area contributed by atoms with Crippen molar-refractivity contribution in [2.45, 2.75) is 12.8 Å². The van der Waals surface area contributed by atoms with E-state index in [9.17, 15) is 5.11 Å². The lowest BCUT2D eigenvalue weighted by atomic mass is 9.98. The Bertz CT molecular complexity index is 273. The van der Waals surface area contributed by atoms with Gasteiger partial charge in [-0.05, 0) is 48.5 Å². The van der Waals surface area contributed by atoms with E-state index in [-0.39, 0.29) is 6.61 Å². The van der Waals surface area contributed by atoms with Crippen LogP contribution in [-0.2, 0) is 6.42 Å². The van der Waals surface area contributed by atoms with Crippen molar-refractivity contribution in [2.75, 3.05) is 18.6 Å². The van der Waals surface area contributed by atoms with Gasteiger partial charge in [-0.3, -0.25) is 0 Å². The van der Waals surface area contributed by atoms with Crippen LogP contribution in [0.2, 0.25) is 0 Å². The van der Waals surface area contributed by atoms with Crippen molar-refractivity contribution in [3.63, 3.8) is 0 Å². The second-order valence-corrected chi connectivity index (χ2v) is 5.56. The molecule has 1 rings (SSSR count). The maximum Gasteiger partial charge on any atom is 0.0462 e. The molecular weight excluding hydrogens is 272 g/mol. The van der Waals surface area contributed by atoms with Crippen LogP contribution >= 0.6 is 27.7 Å². The highest BCUT2D eigenvalue weighted by molar-refractivity contribution is 9.10. The fourth-order valence-corrected chi connectivity index (χ4v) is 2.33. The molecule has 1 unspecified atom stereocenters. The molecule has 3 heteroatoms. The molecule has 0 fully saturated rings. The predicted molar refractivity (Wildman–Crippen MR) is 71.4 cm³/mol. The van der Waals surface area contributed by atoms with Crippen LogP contribution in [0.1, 0.15) is 12.0 Å². The highest BCUT2D eigenvalue weighted by Crippen LogP contribution is 2.16. The number of aliphatic hydroxyl groups excluding tert-OH is 1. The molecule has 0 bridgehead atoms. The third kappa shape index (κ3) is 5.05. The molecule has 0 heterocycles. The predicted octanol–water partition coefficient (Wildman–Crippen LogP) is 3.35. The quantitative estimate of drug-likeness (QED) is 0.866. The van der Waals surface area contributed by atoms with Gasteiger partial charge in [0.15, 0.2) is 0 Å². The van der Waals surface area contributed by atoms with Crippen LogP contribution < -0.4 is 0 Å². The van der Waals surface area contributed by atoms with E-state index in [0.717, 1.165) is 23.1 Å². The lowest BCUT2D eigenvalue weighted by Gasteiger charge is -2.13. The fourth-order valence-electron chi connectivity index (χ4n) is 1.50. The maximum absolute atomic E-state index is 9.25. The molecule has 0 radical (unpaired) electrons. The Kier molecular flexibility index (Phi) is 6.37. The summed E-state index contributed by atoms with van der Waals surface area (Å²) in [5.41, 5.74) is 1.30. The van der Waals surface area contributed by atoms with E-state index < -0.39 is 0 Å². The third-order valence-corrected chi connectivity index (χ3v) is 3.60. The molecule has 1 aromatic rings. The number of benzene rings is 1. The second kappa shape index (κ2) is 7.31. The number of rotatable bonds is 6. The average molecular weight is 289 g/mol. The largest absolute Gasteiger partial charge is 0.396 e. The number of halogens is 1. The summed E-state index contributed by atoms with van der Waals surface area (Å²) in [5, 5.41) is 9.25. The lowest BCUT2D eigenvalue weighted by molar-refractivity contribution is 0.223. The van der Waals surface area contributed by atoms with Crippen molar-refractivity contribution in [1.29, 1.82) is 0 Å². The summed E-state index contributed by atoms with van der Waals surface area (Å²) in [6, 6.07) is 8.34. The van der Waals surface area contributed by atoms with Crippen molar-refractivity contribution in [3.8, 4) is 0 Å². The molecule has 1 nitrogen and oxygen atoms in total. The number of hydrogen-bond acceptors (Lipinski definition) is 2. The zero-order chi connectivity index (χ0) is 11.1. The molecule has 0 aliphatic carbocycles. The Morgan fingerprint density at radius 2 is 2.00 bits per heavy atom. The Hall–Kier alpha value is 0.01000. The van der Waals surface area contributed by atoms with Crippen LogP contribution in [0, 0.1) is 5.92 Å². The van der Waals surface area contributed by atoms with Gasteiger partial charge in [-0.15, -0.1) is 0 Å². The molecule has 0 amide bonds. The first-order valence-electron chi connectivity index (χ1n) is 5.10. The van der Waals surface area contributed by atoms with E-state index in [1.807, 2.05) is 11.8 Å². The summed E-state index contributed by atoms with van der Waals surface area (Å²) in [6.45, 7) is 0.288. The van der Waals surface area contributed by atoms with Crippen LogP contribution in [0.15, 0.2) is 28.7 Å². The molecule has 1 aromatic carbocycles. The molecule has 0 saturated heterocycles. The van der Waals surface area contributed by atoms with Gasteiger partial charge >= 0.3 is 0 Å². The topological polar surface area (TPSA) is 20.2 Å². The minimum atomic E-state index is 0.288. The molecule has 1 N–H and O–H groups in total. The van der Waals surface area contributed by atoms with Gasteiger partial charge < -0.3 is 5.11 Å². The second-order valence-electron chi connectivity index (χ2n) is 3.66. The zero-order valence-electron chi connectivity index (χ0n) is 8.95.